The summed E-state index contributed by atoms with van der Waals surface area (Å²) in [4.78, 5) is 12.1. The van der Waals surface area contributed by atoms with E-state index in [1.54, 1.807) is 0 Å². The summed E-state index contributed by atoms with van der Waals surface area (Å²) in [5, 5.41) is 22.3. The van der Waals surface area contributed by atoms with E-state index in [0.717, 1.165) is 12.8 Å². The Hall–Kier alpha value is -1.71. The van der Waals surface area contributed by atoms with Gasteiger partial charge < -0.3 is 15.5 Å². The maximum absolute atomic E-state index is 12.1. The van der Waals surface area contributed by atoms with Gasteiger partial charge in [-0.2, -0.15) is 0 Å². The summed E-state index contributed by atoms with van der Waals surface area (Å²) in [7, 11) is 0. The third-order valence-corrected chi connectivity index (χ3v) is 3.76. The number of hydrogen-bond acceptors (Lipinski definition) is 3. The molecular formula is C15H21NO3. The lowest BCUT2D eigenvalue weighted by Gasteiger charge is -2.32. The summed E-state index contributed by atoms with van der Waals surface area (Å²) in [6, 6.07) is 4.43. The first-order valence-corrected chi connectivity index (χ1v) is 6.79. The van der Waals surface area contributed by atoms with Crippen LogP contribution in [-0.4, -0.2) is 22.2 Å². The quantitative estimate of drug-likeness (QED) is 0.768. The molecule has 3 N–H and O–H groups in total. The molecule has 4 heteroatoms. The normalized spacial score (nSPS) is 26.9. The molecule has 2 atom stereocenters. The Morgan fingerprint density at radius 2 is 1.63 bits per heavy atom. The minimum Gasteiger partial charge on any atom is -0.507 e. The van der Waals surface area contributed by atoms with Crippen molar-refractivity contribution in [3.63, 3.8) is 0 Å². The molecule has 2 unspecified atom stereocenters. The van der Waals surface area contributed by atoms with Crippen LogP contribution in [0.25, 0.3) is 0 Å². The van der Waals surface area contributed by atoms with E-state index in [1.165, 1.54) is 24.6 Å². The monoisotopic (exact) mass is 263 g/mol. The molecule has 0 radical (unpaired) electrons. The number of aromatic hydroxyl groups is 2. The maximum Gasteiger partial charge on any atom is 0.259 e. The Morgan fingerprint density at radius 1 is 1.11 bits per heavy atom. The van der Waals surface area contributed by atoms with Crippen molar-refractivity contribution in [2.45, 2.75) is 39.2 Å². The minimum atomic E-state index is -0.401. The summed E-state index contributed by atoms with van der Waals surface area (Å²) in [5.74, 6) is 0.407. The molecule has 4 nitrogen and oxygen atoms in total. The van der Waals surface area contributed by atoms with Crippen LogP contribution in [0.2, 0.25) is 0 Å². The molecule has 1 amide bonds. The van der Waals surface area contributed by atoms with E-state index in [1.807, 2.05) is 0 Å². The van der Waals surface area contributed by atoms with Crippen molar-refractivity contribution in [1.29, 1.82) is 0 Å². The third-order valence-electron chi connectivity index (χ3n) is 3.76. The van der Waals surface area contributed by atoms with E-state index in [0.29, 0.717) is 11.8 Å². The van der Waals surface area contributed by atoms with Crippen molar-refractivity contribution in [1.82, 2.24) is 5.32 Å². The molecule has 0 aliphatic heterocycles. The summed E-state index contributed by atoms with van der Waals surface area (Å²) in [6.45, 7) is 4.37. The topological polar surface area (TPSA) is 69.6 Å². The van der Waals surface area contributed by atoms with Crippen LogP contribution in [0.15, 0.2) is 18.2 Å². The molecule has 1 aliphatic rings. The second-order valence-corrected chi connectivity index (χ2v) is 5.76. The van der Waals surface area contributed by atoms with Crippen molar-refractivity contribution >= 4 is 5.91 Å². The summed E-state index contributed by atoms with van der Waals surface area (Å²) in [5.41, 5.74) is -0.0339. The average Bonchev–Trinajstić information content (AvgIpc) is 2.26. The number of phenolic OH excluding ortho intramolecular Hbond substituents is 2. The van der Waals surface area contributed by atoms with Crippen LogP contribution in [0.5, 0.6) is 11.5 Å². The Balaban J connectivity index is 2.09. The Kier molecular flexibility index (Phi) is 3.98. The maximum atomic E-state index is 12.1. The Morgan fingerprint density at radius 3 is 2.16 bits per heavy atom. The zero-order chi connectivity index (χ0) is 14.0. The SMILES string of the molecule is CC1CC(C)CC(NC(=O)c2c(O)cccc2O)C1. The first-order valence-electron chi connectivity index (χ1n) is 6.79. The second-order valence-electron chi connectivity index (χ2n) is 5.76. The van der Waals surface area contributed by atoms with Gasteiger partial charge in [0.2, 0.25) is 0 Å². The highest BCUT2D eigenvalue weighted by atomic mass is 16.3. The van der Waals surface area contributed by atoms with Gasteiger partial charge in [-0.25, -0.2) is 0 Å². The van der Waals surface area contributed by atoms with Gasteiger partial charge in [-0.3, -0.25) is 4.79 Å². The van der Waals surface area contributed by atoms with E-state index in [4.69, 9.17) is 0 Å². The molecule has 1 saturated carbocycles. The lowest BCUT2D eigenvalue weighted by molar-refractivity contribution is 0.0905. The largest absolute Gasteiger partial charge is 0.507 e. The molecule has 2 rings (SSSR count). The number of benzene rings is 1. The highest BCUT2D eigenvalue weighted by molar-refractivity contribution is 5.99. The van der Waals surface area contributed by atoms with Gasteiger partial charge in [-0.1, -0.05) is 19.9 Å². The van der Waals surface area contributed by atoms with Gasteiger partial charge >= 0.3 is 0 Å². The molecule has 0 aromatic heterocycles. The Bertz CT molecular complexity index is 442. The molecule has 1 aromatic carbocycles. The average molecular weight is 263 g/mol. The van der Waals surface area contributed by atoms with Crippen LogP contribution in [-0.2, 0) is 0 Å². The predicted molar refractivity (Wildman–Crippen MR) is 73.2 cm³/mol. The number of phenols is 2. The van der Waals surface area contributed by atoms with Crippen LogP contribution >= 0.6 is 0 Å². The lowest BCUT2D eigenvalue weighted by atomic mass is 9.80. The first-order chi connectivity index (χ1) is 8.97. The van der Waals surface area contributed by atoms with Crippen LogP contribution in [0.4, 0.5) is 0 Å². The standard InChI is InChI=1S/C15H21NO3/c1-9-6-10(2)8-11(7-9)16-15(19)14-12(17)4-3-5-13(14)18/h3-5,9-11,17-18H,6-8H2,1-2H3,(H,16,19). The molecule has 0 heterocycles. The van der Waals surface area contributed by atoms with E-state index in [-0.39, 0.29) is 23.1 Å². The van der Waals surface area contributed by atoms with Crippen LogP contribution in [0.3, 0.4) is 0 Å². The second kappa shape index (κ2) is 5.51. The van der Waals surface area contributed by atoms with Crippen molar-refractivity contribution in [3.8, 4) is 11.5 Å². The van der Waals surface area contributed by atoms with Gasteiger partial charge in [0.1, 0.15) is 17.1 Å². The number of carbonyl (C=O) groups excluding carboxylic acids is 1. The molecule has 1 fully saturated rings. The zero-order valence-electron chi connectivity index (χ0n) is 11.4. The fourth-order valence-electron chi connectivity index (χ4n) is 3.08. The Labute approximate surface area is 113 Å². The molecule has 0 saturated heterocycles. The van der Waals surface area contributed by atoms with Crippen molar-refractivity contribution in [3.05, 3.63) is 23.8 Å². The van der Waals surface area contributed by atoms with Crippen molar-refractivity contribution < 1.29 is 15.0 Å². The number of carbonyl (C=O) groups is 1. The zero-order valence-corrected chi connectivity index (χ0v) is 11.4. The molecule has 0 bridgehead atoms. The minimum absolute atomic E-state index is 0.0339. The fourth-order valence-corrected chi connectivity index (χ4v) is 3.08. The molecule has 0 spiro atoms. The van der Waals surface area contributed by atoms with Crippen LogP contribution in [0, 0.1) is 11.8 Å². The summed E-state index contributed by atoms with van der Waals surface area (Å²) < 4.78 is 0. The first kappa shape index (κ1) is 13.7. The molecule has 1 aromatic rings. The van der Waals surface area contributed by atoms with Gasteiger partial charge in [0.05, 0.1) is 0 Å². The molecule has 104 valence electrons. The predicted octanol–water partition coefficient (Wildman–Crippen LogP) is 2.65. The highest BCUT2D eigenvalue weighted by Gasteiger charge is 2.26. The van der Waals surface area contributed by atoms with Gasteiger partial charge in [-0.05, 0) is 43.2 Å². The van der Waals surface area contributed by atoms with Gasteiger partial charge in [0.15, 0.2) is 0 Å². The van der Waals surface area contributed by atoms with E-state index in [2.05, 4.69) is 19.2 Å². The molecular weight excluding hydrogens is 242 g/mol. The smallest absolute Gasteiger partial charge is 0.259 e. The number of rotatable bonds is 2. The summed E-state index contributed by atoms with van der Waals surface area (Å²) in [6.07, 6.45) is 3.09. The van der Waals surface area contributed by atoms with E-state index < -0.39 is 5.91 Å². The third kappa shape index (κ3) is 3.19. The highest BCUT2D eigenvalue weighted by Crippen LogP contribution is 2.30. The lowest BCUT2D eigenvalue weighted by Crippen LogP contribution is -2.40. The van der Waals surface area contributed by atoms with Gasteiger partial charge in [0, 0.05) is 6.04 Å². The van der Waals surface area contributed by atoms with E-state index >= 15 is 0 Å². The number of amides is 1. The van der Waals surface area contributed by atoms with Gasteiger partial charge in [0.25, 0.3) is 5.91 Å². The van der Waals surface area contributed by atoms with Gasteiger partial charge in [-0.15, -0.1) is 0 Å². The van der Waals surface area contributed by atoms with E-state index in [9.17, 15) is 15.0 Å². The summed E-state index contributed by atoms with van der Waals surface area (Å²) >= 11 is 0. The van der Waals surface area contributed by atoms with Crippen molar-refractivity contribution in [2.24, 2.45) is 11.8 Å². The van der Waals surface area contributed by atoms with Crippen LogP contribution < -0.4 is 5.32 Å². The number of nitrogens with one attached hydrogen (secondary N) is 1. The fraction of sp³-hybridized carbons (Fsp3) is 0.533. The molecule has 1 aliphatic carbocycles. The molecule has 19 heavy (non-hydrogen) atoms. The van der Waals surface area contributed by atoms with Crippen LogP contribution in [0.1, 0.15) is 43.5 Å². The number of hydrogen-bond donors (Lipinski definition) is 3. The van der Waals surface area contributed by atoms with Crippen molar-refractivity contribution in [2.75, 3.05) is 0 Å².